The summed E-state index contributed by atoms with van der Waals surface area (Å²) >= 11 is 0. The highest BCUT2D eigenvalue weighted by Crippen LogP contribution is 2.31. The first-order valence-corrected chi connectivity index (χ1v) is 8.42. The predicted molar refractivity (Wildman–Crippen MR) is 96.7 cm³/mol. The molecule has 0 aliphatic heterocycles. The van der Waals surface area contributed by atoms with Gasteiger partial charge in [-0.25, -0.2) is 9.97 Å². The first-order chi connectivity index (χ1) is 13.9. The second kappa shape index (κ2) is 7.09. The van der Waals surface area contributed by atoms with E-state index in [4.69, 9.17) is 5.11 Å². The van der Waals surface area contributed by atoms with Gasteiger partial charge in [0.15, 0.2) is 0 Å². The standard InChI is InChI=1S/C18H13F3N6O2/c19-18(20,21)11-1-2-13(22-8-11)14-5-12-16(15(26-14)10-6-24-25-7-10)23-9-27(3-4-28)17(12)29/h1-2,5-9,28H,3-4H2,(H,24,25). The van der Waals surface area contributed by atoms with Crippen LogP contribution in [0.4, 0.5) is 13.2 Å². The number of nitrogens with zero attached hydrogens (tertiary/aromatic N) is 5. The SMILES string of the molecule is O=c1c2cc(-c3ccc(C(F)(F)F)cn3)nc(-c3cn[nH]c3)c2ncn1CCO. The number of aliphatic hydroxyl groups excluding tert-OH is 1. The third kappa shape index (κ3) is 3.47. The molecular formula is C18H13F3N6O2. The number of hydrogen-bond acceptors (Lipinski definition) is 6. The van der Waals surface area contributed by atoms with E-state index in [-0.39, 0.29) is 29.9 Å². The highest BCUT2D eigenvalue weighted by Gasteiger charge is 2.30. The number of aromatic amines is 1. The van der Waals surface area contributed by atoms with Gasteiger partial charge in [0.05, 0.1) is 48.0 Å². The fourth-order valence-corrected chi connectivity index (χ4v) is 2.86. The third-order valence-corrected chi connectivity index (χ3v) is 4.28. The van der Waals surface area contributed by atoms with Crippen molar-refractivity contribution in [3.63, 3.8) is 0 Å². The lowest BCUT2D eigenvalue weighted by Gasteiger charge is -2.10. The fraction of sp³-hybridized carbons (Fsp3) is 0.167. The highest BCUT2D eigenvalue weighted by molar-refractivity contribution is 5.92. The first-order valence-electron chi connectivity index (χ1n) is 8.42. The van der Waals surface area contributed by atoms with Crippen LogP contribution in [-0.4, -0.2) is 41.4 Å². The van der Waals surface area contributed by atoms with Crippen molar-refractivity contribution >= 4 is 10.9 Å². The Bertz CT molecular complexity index is 1220. The molecular weight excluding hydrogens is 389 g/mol. The van der Waals surface area contributed by atoms with Crippen molar-refractivity contribution in [3.05, 3.63) is 59.0 Å². The number of aromatic nitrogens is 6. The van der Waals surface area contributed by atoms with Gasteiger partial charge in [0, 0.05) is 18.0 Å². The minimum atomic E-state index is -4.51. The van der Waals surface area contributed by atoms with E-state index in [9.17, 15) is 18.0 Å². The fourth-order valence-electron chi connectivity index (χ4n) is 2.86. The summed E-state index contributed by atoms with van der Waals surface area (Å²) in [6.45, 7) is -0.195. The van der Waals surface area contributed by atoms with E-state index >= 15 is 0 Å². The summed E-state index contributed by atoms with van der Waals surface area (Å²) in [7, 11) is 0. The molecule has 0 spiro atoms. The second-order valence-corrected chi connectivity index (χ2v) is 6.14. The van der Waals surface area contributed by atoms with Crippen LogP contribution >= 0.6 is 0 Å². The highest BCUT2D eigenvalue weighted by atomic mass is 19.4. The van der Waals surface area contributed by atoms with Gasteiger partial charge in [-0.05, 0) is 18.2 Å². The van der Waals surface area contributed by atoms with Gasteiger partial charge in [0.25, 0.3) is 5.56 Å². The van der Waals surface area contributed by atoms with Crippen LogP contribution in [0.2, 0.25) is 0 Å². The number of alkyl halides is 3. The van der Waals surface area contributed by atoms with Crippen LogP contribution in [0.15, 0.2) is 47.9 Å². The molecule has 0 amide bonds. The van der Waals surface area contributed by atoms with E-state index in [0.717, 1.165) is 6.07 Å². The number of hydrogen-bond donors (Lipinski definition) is 2. The average molecular weight is 402 g/mol. The molecule has 0 bridgehead atoms. The van der Waals surface area contributed by atoms with Gasteiger partial charge in [-0.2, -0.15) is 18.3 Å². The van der Waals surface area contributed by atoms with E-state index in [2.05, 4.69) is 25.1 Å². The summed E-state index contributed by atoms with van der Waals surface area (Å²) in [5, 5.41) is 15.8. The van der Waals surface area contributed by atoms with Gasteiger partial charge < -0.3 is 5.11 Å². The molecule has 148 valence electrons. The van der Waals surface area contributed by atoms with Gasteiger partial charge >= 0.3 is 6.18 Å². The molecule has 4 rings (SSSR count). The molecule has 0 atom stereocenters. The Morgan fingerprint density at radius 3 is 2.59 bits per heavy atom. The molecule has 0 fully saturated rings. The number of nitrogens with one attached hydrogen (secondary N) is 1. The van der Waals surface area contributed by atoms with Crippen molar-refractivity contribution in [3.8, 4) is 22.6 Å². The molecule has 0 saturated heterocycles. The quantitative estimate of drug-likeness (QED) is 0.542. The second-order valence-electron chi connectivity index (χ2n) is 6.14. The van der Waals surface area contributed by atoms with Crippen LogP contribution in [0, 0.1) is 0 Å². The maximum atomic E-state index is 12.8. The Morgan fingerprint density at radius 1 is 1.14 bits per heavy atom. The minimum absolute atomic E-state index is 0.0546. The Morgan fingerprint density at radius 2 is 1.97 bits per heavy atom. The van der Waals surface area contributed by atoms with Crippen LogP contribution < -0.4 is 5.56 Å². The van der Waals surface area contributed by atoms with Crippen LogP contribution in [-0.2, 0) is 12.7 Å². The molecule has 4 aromatic heterocycles. The lowest BCUT2D eigenvalue weighted by molar-refractivity contribution is -0.137. The maximum absolute atomic E-state index is 12.8. The molecule has 11 heteroatoms. The number of H-pyrrole nitrogens is 1. The molecule has 0 aliphatic rings. The molecule has 0 aliphatic carbocycles. The summed E-state index contributed by atoms with van der Waals surface area (Å²) in [5.74, 6) is 0. The summed E-state index contributed by atoms with van der Waals surface area (Å²) in [5.41, 5.74) is 0.274. The molecule has 0 aromatic carbocycles. The van der Waals surface area contributed by atoms with E-state index < -0.39 is 17.3 Å². The van der Waals surface area contributed by atoms with E-state index in [1.165, 1.54) is 29.2 Å². The van der Waals surface area contributed by atoms with Crippen molar-refractivity contribution in [2.75, 3.05) is 6.61 Å². The van der Waals surface area contributed by atoms with E-state index in [1.54, 1.807) is 6.20 Å². The smallest absolute Gasteiger partial charge is 0.395 e. The van der Waals surface area contributed by atoms with Gasteiger partial charge in [-0.15, -0.1) is 0 Å². The van der Waals surface area contributed by atoms with Crippen molar-refractivity contribution in [2.45, 2.75) is 12.7 Å². The molecule has 0 saturated carbocycles. The Hall–Kier alpha value is -3.60. The summed E-state index contributed by atoms with van der Waals surface area (Å²) < 4.78 is 39.7. The van der Waals surface area contributed by atoms with Crippen molar-refractivity contribution in [2.24, 2.45) is 0 Å². The number of halogens is 3. The van der Waals surface area contributed by atoms with Crippen molar-refractivity contribution in [1.29, 1.82) is 0 Å². The van der Waals surface area contributed by atoms with E-state index in [0.29, 0.717) is 23.0 Å². The zero-order valence-electron chi connectivity index (χ0n) is 14.7. The van der Waals surface area contributed by atoms with Crippen molar-refractivity contribution < 1.29 is 18.3 Å². The third-order valence-electron chi connectivity index (χ3n) is 4.28. The molecule has 4 heterocycles. The van der Waals surface area contributed by atoms with Gasteiger partial charge in [0.2, 0.25) is 0 Å². The maximum Gasteiger partial charge on any atom is 0.417 e. The first kappa shape index (κ1) is 18.7. The predicted octanol–water partition coefficient (Wildman–Crippen LogP) is 2.25. The van der Waals surface area contributed by atoms with Crippen LogP contribution in [0.3, 0.4) is 0 Å². The minimum Gasteiger partial charge on any atom is -0.395 e. The number of aliphatic hydroxyl groups is 1. The lowest BCUT2D eigenvalue weighted by atomic mass is 10.1. The van der Waals surface area contributed by atoms with Gasteiger partial charge in [0.1, 0.15) is 11.2 Å². The molecule has 2 N–H and O–H groups in total. The normalized spacial score (nSPS) is 11.9. The molecule has 0 unspecified atom stereocenters. The summed E-state index contributed by atoms with van der Waals surface area (Å²) in [4.78, 5) is 25.4. The van der Waals surface area contributed by atoms with Gasteiger partial charge in [-0.1, -0.05) is 0 Å². The molecule has 8 nitrogen and oxygen atoms in total. The molecule has 0 radical (unpaired) electrons. The van der Waals surface area contributed by atoms with Gasteiger partial charge in [-0.3, -0.25) is 19.4 Å². The largest absolute Gasteiger partial charge is 0.417 e. The Balaban J connectivity index is 1.95. The monoisotopic (exact) mass is 402 g/mol. The number of rotatable bonds is 4. The summed E-state index contributed by atoms with van der Waals surface area (Å²) in [6.07, 6.45) is 0.569. The molecule has 29 heavy (non-hydrogen) atoms. The zero-order chi connectivity index (χ0) is 20.6. The van der Waals surface area contributed by atoms with Crippen LogP contribution in [0.5, 0.6) is 0 Å². The number of pyridine rings is 2. The average Bonchev–Trinajstić information content (AvgIpc) is 3.24. The van der Waals surface area contributed by atoms with Crippen LogP contribution in [0.1, 0.15) is 5.56 Å². The number of fused-ring (bicyclic) bond motifs is 1. The molecule has 4 aromatic rings. The lowest BCUT2D eigenvalue weighted by Crippen LogP contribution is -2.22. The van der Waals surface area contributed by atoms with E-state index in [1.807, 2.05) is 0 Å². The van der Waals surface area contributed by atoms with Crippen LogP contribution in [0.25, 0.3) is 33.5 Å². The topological polar surface area (TPSA) is 110 Å². The Kier molecular flexibility index (Phi) is 4.59. The van der Waals surface area contributed by atoms with Crippen molar-refractivity contribution in [1.82, 2.24) is 29.7 Å². The Labute approximate surface area is 160 Å². The summed E-state index contributed by atoms with van der Waals surface area (Å²) in [6, 6.07) is 3.52. The zero-order valence-corrected chi connectivity index (χ0v) is 14.7.